The molecule has 6 heteroatoms. The predicted octanol–water partition coefficient (Wildman–Crippen LogP) is 1.74. The average Bonchev–Trinajstić information content (AvgIpc) is 3.20. The van der Waals surface area contributed by atoms with Crippen molar-refractivity contribution in [1.29, 1.82) is 0 Å². The first kappa shape index (κ1) is 12.8. The van der Waals surface area contributed by atoms with Crippen LogP contribution in [0.5, 0.6) is 0 Å². The Hall–Kier alpha value is -1.17. The summed E-state index contributed by atoms with van der Waals surface area (Å²) in [5, 5.41) is 9.96. The van der Waals surface area contributed by atoms with Gasteiger partial charge in [-0.2, -0.15) is 16.9 Å². The van der Waals surface area contributed by atoms with Crippen molar-refractivity contribution >= 4 is 23.4 Å². The fraction of sp³-hybridized carbons (Fsp3) is 0.692. The highest BCUT2D eigenvalue weighted by atomic mass is 32.2. The molecule has 3 rings (SSSR count). The molecule has 2 heterocycles. The van der Waals surface area contributed by atoms with Crippen LogP contribution in [0.25, 0.3) is 0 Å². The number of rotatable bonds is 4. The first-order valence-electron chi connectivity index (χ1n) is 6.95. The van der Waals surface area contributed by atoms with Gasteiger partial charge in [0.05, 0.1) is 11.4 Å². The maximum absolute atomic E-state index is 12.1. The van der Waals surface area contributed by atoms with Crippen molar-refractivity contribution in [3.8, 4) is 0 Å². The van der Waals surface area contributed by atoms with Crippen LogP contribution in [0.3, 0.4) is 0 Å². The summed E-state index contributed by atoms with van der Waals surface area (Å²) in [5.41, 5.74) is 7.85. The van der Waals surface area contributed by atoms with E-state index in [1.807, 2.05) is 11.8 Å². The fourth-order valence-electron chi connectivity index (χ4n) is 2.49. The second kappa shape index (κ2) is 5.45. The molecule has 0 spiro atoms. The molecule has 1 aliphatic carbocycles. The number of nitrogens with one attached hydrogen (secondary N) is 2. The molecule has 1 saturated carbocycles. The molecule has 1 aromatic heterocycles. The molecule has 5 nitrogen and oxygen atoms in total. The van der Waals surface area contributed by atoms with Crippen molar-refractivity contribution in [1.82, 2.24) is 15.5 Å². The van der Waals surface area contributed by atoms with E-state index in [-0.39, 0.29) is 5.91 Å². The number of hydrogen-bond acceptors (Lipinski definition) is 4. The molecular weight excluding hydrogens is 260 g/mol. The minimum Gasteiger partial charge on any atom is -0.395 e. The Morgan fingerprint density at radius 3 is 2.79 bits per heavy atom. The van der Waals surface area contributed by atoms with Gasteiger partial charge in [-0.05, 0) is 43.1 Å². The van der Waals surface area contributed by atoms with Gasteiger partial charge in [0, 0.05) is 12.5 Å². The molecule has 4 N–H and O–H groups in total. The van der Waals surface area contributed by atoms with Gasteiger partial charge in [-0.3, -0.25) is 9.89 Å². The van der Waals surface area contributed by atoms with Crippen molar-refractivity contribution in [2.45, 2.75) is 31.6 Å². The first-order valence-corrected chi connectivity index (χ1v) is 8.11. The summed E-state index contributed by atoms with van der Waals surface area (Å²) in [4.78, 5) is 12.1. The highest BCUT2D eigenvalue weighted by molar-refractivity contribution is 7.99. The molecule has 0 unspecified atom stereocenters. The number of anilines is 1. The number of carbonyl (C=O) groups excluding carboxylic acids is 1. The standard InChI is InChI=1S/C13H20N4OS/c14-10-11(9-1-2-9)16-17-12(10)13(18)15-7-8-3-5-19-6-4-8/h8-9H,1-7,14H2,(H,15,18)(H,16,17). The van der Waals surface area contributed by atoms with Gasteiger partial charge in [0.1, 0.15) is 0 Å². The van der Waals surface area contributed by atoms with E-state index in [1.54, 1.807) is 0 Å². The Morgan fingerprint density at radius 2 is 2.11 bits per heavy atom. The molecule has 0 radical (unpaired) electrons. The van der Waals surface area contributed by atoms with E-state index in [4.69, 9.17) is 5.73 Å². The second-order valence-electron chi connectivity index (χ2n) is 5.44. The number of nitrogen functional groups attached to an aromatic ring is 1. The van der Waals surface area contributed by atoms with Gasteiger partial charge < -0.3 is 11.1 Å². The second-order valence-corrected chi connectivity index (χ2v) is 6.66. The van der Waals surface area contributed by atoms with Crippen LogP contribution in [-0.2, 0) is 0 Å². The van der Waals surface area contributed by atoms with Crippen LogP contribution in [-0.4, -0.2) is 34.2 Å². The lowest BCUT2D eigenvalue weighted by Crippen LogP contribution is -2.31. The molecule has 1 aromatic rings. The van der Waals surface area contributed by atoms with Crippen molar-refractivity contribution in [2.24, 2.45) is 5.92 Å². The summed E-state index contributed by atoms with van der Waals surface area (Å²) < 4.78 is 0. The van der Waals surface area contributed by atoms with Crippen LogP contribution in [0.2, 0.25) is 0 Å². The number of nitrogens with two attached hydrogens (primary N) is 1. The third-order valence-electron chi connectivity index (χ3n) is 3.93. The van der Waals surface area contributed by atoms with E-state index < -0.39 is 0 Å². The number of amides is 1. The molecule has 19 heavy (non-hydrogen) atoms. The number of carbonyl (C=O) groups is 1. The van der Waals surface area contributed by atoms with E-state index in [2.05, 4.69) is 15.5 Å². The number of H-pyrrole nitrogens is 1. The molecule has 1 saturated heterocycles. The highest BCUT2D eigenvalue weighted by Gasteiger charge is 2.30. The Kier molecular flexibility index (Phi) is 3.68. The lowest BCUT2D eigenvalue weighted by Gasteiger charge is -2.21. The van der Waals surface area contributed by atoms with E-state index in [0.717, 1.165) is 25.1 Å². The summed E-state index contributed by atoms with van der Waals surface area (Å²) in [5.74, 6) is 3.37. The first-order chi connectivity index (χ1) is 9.25. The smallest absolute Gasteiger partial charge is 0.273 e. The molecule has 0 aromatic carbocycles. The zero-order valence-corrected chi connectivity index (χ0v) is 11.8. The van der Waals surface area contributed by atoms with Gasteiger partial charge in [0.15, 0.2) is 5.69 Å². The molecule has 2 aliphatic rings. The number of aromatic amines is 1. The Labute approximate surface area is 117 Å². The van der Waals surface area contributed by atoms with Crippen LogP contribution < -0.4 is 11.1 Å². The van der Waals surface area contributed by atoms with E-state index in [9.17, 15) is 4.79 Å². The van der Waals surface area contributed by atoms with Crippen LogP contribution in [0, 0.1) is 5.92 Å². The number of hydrogen-bond donors (Lipinski definition) is 3. The Bertz CT molecular complexity index is 463. The molecule has 104 valence electrons. The Balaban J connectivity index is 1.57. The third-order valence-corrected chi connectivity index (χ3v) is 4.98. The van der Waals surface area contributed by atoms with Crippen molar-refractivity contribution in [3.05, 3.63) is 11.4 Å². The number of thioether (sulfide) groups is 1. The van der Waals surface area contributed by atoms with E-state index in [0.29, 0.717) is 23.2 Å². The normalized spacial score (nSPS) is 20.4. The largest absolute Gasteiger partial charge is 0.395 e. The van der Waals surface area contributed by atoms with Crippen molar-refractivity contribution in [3.63, 3.8) is 0 Å². The molecule has 1 amide bonds. The third kappa shape index (κ3) is 2.88. The number of nitrogens with zero attached hydrogens (tertiary/aromatic N) is 1. The van der Waals surface area contributed by atoms with Gasteiger partial charge in [-0.1, -0.05) is 0 Å². The SMILES string of the molecule is Nc1c(C(=O)NCC2CCSCC2)n[nH]c1C1CC1. The minimum absolute atomic E-state index is 0.140. The highest BCUT2D eigenvalue weighted by Crippen LogP contribution is 2.42. The summed E-state index contributed by atoms with van der Waals surface area (Å²) in [7, 11) is 0. The topological polar surface area (TPSA) is 83.8 Å². The zero-order chi connectivity index (χ0) is 13.2. The van der Waals surface area contributed by atoms with Gasteiger partial charge >= 0.3 is 0 Å². The fourth-order valence-corrected chi connectivity index (χ4v) is 3.70. The monoisotopic (exact) mass is 280 g/mol. The van der Waals surface area contributed by atoms with Gasteiger partial charge in [0.25, 0.3) is 5.91 Å². The van der Waals surface area contributed by atoms with Crippen LogP contribution in [0.1, 0.15) is 47.8 Å². The van der Waals surface area contributed by atoms with Gasteiger partial charge in [-0.25, -0.2) is 0 Å². The summed E-state index contributed by atoms with van der Waals surface area (Å²) in [6.07, 6.45) is 4.67. The molecule has 1 aliphatic heterocycles. The van der Waals surface area contributed by atoms with Crippen LogP contribution in [0.4, 0.5) is 5.69 Å². The average molecular weight is 280 g/mol. The van der Waals surface area contributed by atoms with Crippen LogP contribution >= 0.6 is 11.8 Å². The summed E-state index contributed by atoms with van der Waals surface area (Å²) >= 11 is 2.00. The van der Waals surface area contributed by atoms with Crippen molar-refractivity contribution < 1.29 is 4.79 Å². The van der Waals surface area contributed by atoms with Gasteiger partial charge in [0.2, 0.25) is 0 Å². The van der Waals surface area contributed by atoms with Gasteiger partial charge in [-0.15, -0.1) is 0 Å². The maximum Gasteiger partial charge on any atom is 0.273 e. The molecule has 2 fully saturated rings. The quantitative estimate of drug-likeness (QED) is 0.784. The Morgan fingerprint density at radius 1 is 1.37 bits per heavy atom. The van der Waals surface area contributed by atoms with E-state index in [1.165, 1.54) is 24.3 Å². The molecular formula is C13H20N4OS. The lowest BCUT2D eigenvalue weighted by atomic mass is 10.0. The zero-order valence-electron chi connectivity index (χ0n) is 10.9. The molecule has 0 bridgehead atoms. The van der Waals surface area contributed by atoms with E-state index >= 15 is 0 Å². The minimum atomic E-state index is -0.140. The molecule has 0 atom stereocenters. The summed E-state index contributed by atoms with van der Waals surface area (Å²) in [6, 6.07) is 0. The maximum atomic E-state index is 12.1. The van der Waals surface area contributed by atoms with Crippen LogP contribution in [0.15, 0.2) is 0 Å². The van der Waals surface area contributed by atoms with Crippen molar-refractivity contribution in [2.75, 3.05) is 23.8 Å². The lowest BCUT2D eigenvalue weighted by molar-refractivity contribution is 0.0942. The number of aromatic nitrogens is 2. The summed E-state index contributed by atoms with van der Waals surface area (Å²) in [6.45, 7) is 0.741. The predicted molar refractivity (Wildman–Crippen MR) is 77.4 cm³/mol.